The summed E-state index contributed by atoms with van der Waals surface area (Å²) in [6.45, 7) is 1.90. The number of hydrogen-bond acceptors (Lipinski definition) is 7. The van der Waals surface area contributed by atoms with Crippen molar-refractivity contribution in [3.05, 3.63) is 96.3 Å². The number of rotatable bonds is 7. The molecule has 0 saturated heterocycles. The third-order valence-electron chi connectivity index (χ3n) is 7.07. The van der Waals surface area contributed by atoms with Crippen molar-refractivity contribution in [1.29, 1.82) is 0 Å². The topological polar surface area (TPSA) is 102 Å². The normalized spacial score (nSPS) is 17.3. The van der Waals surface area contributed by atoms with E-state index in [1.165, 1.54) is 28.4 Å². The average Bonchev–Trinajstić information content (AvgIpc) is 3.54. The van der Waals surface area contributed by atoms with Gasteiger partial charge in [-0.05, 0) is 74.7 Å². The van der Waals surface area contributed by atoms with E-state index in [9.17, 15) is 17.2 Å². The van der Waals surface area contributed by atoms with Gasteiger partial charge in [0, 0.05) is 30.0 Å². The zero-order valence-electron chi connectivity index (χ0n) is 21.6. The lowest BCUT2D eigenvalue weighted by Gasteiger charge is -2.17. The van der Waals surface area contributed by atoms with Crippen molar-refractivity contribution in [2.45, 2.75) is 43.2 Å². The maximum atomic E-state index is 14.1. The lowest BCUT2D eigenvalue weighted by molar-refractivity contribution is 0.587. The van der Waals surface area contributed by atoms with Gasteiger partial charge in [0.05, 0.1) is 10.5 Å². The standard InChI is InChI=1S/C29H26F2N6O2S/c1-18-7-12-22(13-8-18)40(38,39)37-28-25(6-3-15-32-28)36-29(37)35-21-11-10-20(16-21)34-26-14-9-19(17-33-26)27-23(30)4-2-5-24(27)31/h2-9,12-15,17,20-21H,10-11,16H2,1H3,(H,33,34)(H,35,36). The third-order valence-corrected chi connectivity index (χ3v) is 8.76. The molecule has 3 heterocycles. The summed E-state index contributed by atoms with van der Waals surface area (Å²) >= 11 is 0. The van der Waals surface area contributed by atoms with Crippen LogP contribution in [0.2, 0.25) is 0 Å². The molecule has 1 aliphatic carbocycles. The molecule has 5 aromatic rings. The van der Waals surface area contributed by atoms with Crippen LogP contribution in [-0.2, 0) is 10.0 Å². The van der Waals surface area contributed by atoms with E-state index in [1.54, 1.807) is 54.7 Å². The summed E-state index contributed by atoms with van der Waals surface area (Å²) in [6, 6.07) is 17.2. The molecule has 6 rings (SSSR count). The predicted octanol–water partition coefficient (Wildman–Crippen LogP) is 5.76. The fourth-order valence-corrected chi connectivity index (χ4v) is 6.44. The maximum absolute atomic E-state index is 14.1. The molecule has 2 unspecified atom stereocenters. The average molecular weight is 561 g/mol. The first kappa shape index (κ1) is 25.9. The van der Waals surface area contributed by atoms with E-state index in [0.29, 0.717) is 23.3 Å². The Balaban J connectivity index is 1.20. The molecule has 0 spiro atoms. The Morgan fingerprint density at radius 3 is 2.30 bits per heavy atom. The number of benzene rings is 2. The highest BCUT2D eigenvalue weighted by molar-refractivity contribution is 7.90. The van der Waals surface area contributed by atoms with Crippen LogP contribution in [-0.4, -0.2) is 39.4 Å². The summed E-state index contributed by atoms with van der Waals surface area (Å²) < 4.78 is 56.8. The largest absolute Gasteiger partial charge is 0.367 e. The number of pyridine rings is 2. The number of halogens is 2. The van der Waals surface area contributed by atoms with Gasteiger partial charge in [-0.3, -0.25) is 0 Å². The zero-order valence-corrected chi connectivity index (χ0v) is 22.4. The minimum absolute atomic E-state index is 0.0481. The Bertz CT molecular complexity index is 1770. The number of hydrogen-bond donors (Lipinski definition) is 2. The van der Waals surface area contributed by atoms with E-state index < -0.39 is 21.7 Å². The Morgan fingerprint density at radius 1 is 0.875 bits per heavy atom. The molecule has 0 amide bonds. The van der Waals surface area contributed by atoms with Crippen LogP contribution >= 0.6 is 0 Å². The fraction of sp³-hybridized carbons (Fsp3) is 0.207. The first-order chi connectivity index (χ1) is 19.3. The third kappa shape index (κ3) is 4.88. The summed E-state index contributed by atoms with van der Waals surface area (Å²) in [6.07, 6.45) is 5.26. The number of fused-ring (bicyclic) bond motifs is 1. The second-order valence-electron chi connectivity index (χ2n) is 9.89. The van der Waals surface area contributed by atoms with E-state index in [1.807, 2.05) is 6.92 Å². The van der Waals surface area contributed by atoms with Crippen molar-refractivity contribution in [2.24, 2.45) is 0 Å². The van der Waals surface area contributed by atoms with E-state index in [-0.39, 0.29) is 34.1 Å². The van der Waals surface area contributed by atoms with Gasteiger partial charge in [0.15, 0.2) is 5.65 Å². The number of nitrogens with one attached hydrogen (secondary N) is 2. The summed E-state index contributed by atoms with van der Waals surface area (Å²) in [5.74, 6) is -0.477. The Kier molecular flexibility index (Phi) is 6.67. The minimum atomic E-state index is -3.96. The summed E-state index contributed by atoms with van der Waals surface area (Å²) in [4.78, 5) is 13.4. The number of aryl methyl sites for hydroxylation is 1. The van der Waals surface area contributed by atoms with E-state index in [0.717, 1.165) is 18.4 Å². The second-order valence-corrected chi connectivity index (χ2v) is 11.7. The van der Waals surface area contributed by atoms with Crippen LogP contribution in [0.3, 0.4) is 0 Å². The molecule has 0 bridgehead atoms. The SMILES string of the molecule is Cc1ccc(S(=O)(=O)n2c(NC3CCC(Nc4ccc(-c5c(F)cccc5F)cn4)C3)nc3cccnc32)cc1. The van der Waals surface area contributed by atoms with Gasteiger partial charge in [-0.25, -0.2) is 32.2 Å². The summed E-state index contributed by atoms with van der Waals surface area (Å²) in [5, 5.41) is 6.70. The van der Waals surface area contributed by atoms with Crippen LogP contribution in [0.25, 0.3) is 22.3 Å². The van der Waals surface area contributed by atoms with Crippen molar-refractivity contribution >= 4 is 33.0 Å². The van der Waals surface area contributed by atoms with Gasteiger partial charge in [0.2, 0.25) is 5.95 Å². The molecule has 1 saturated carbocycles. The van der Waals surface area contributed by atoms with Gasteiger partial charge in [-0.2, -0.15) is 3.97 Å². The highest BCUT2D eigenvalue weighted by Crippen LogP contribution is 2.30. The lowest BCUT2D eigenvalue weighted by Crippen LogP contribution is -2.24. The molecule has 2 atom stereocenters. The smallest absolute Gasteiger partial charge is 0.272 e. The fourth-order valence-electron chi connectivity index (χ4n) is 5.06. The molecule has 0 aliphatic heterocycles. The minimum Gasteiger partial charge on any atom is -0.367 e. The van der Waals surface area contributed by atoms with Crippen LogP contribution in [0, 0.1) is 18.6 Å². The molecule has 40 heavy (non-hydrogen) atoms. The Morgan fingerprint density at radius 2 is 1.60 bits per heavy atom. The van der Waals surface area contributed by atoms with E-state index >= 15 is 0 Å². The van der Waals surface area contributed by atoms with Crippen molar-refractivity contribution < 1.29 is 17.2 Å². The van der Waals surface area contributed by atoms with E-state index in [2.05, 4.69) is 25.6 Å². The number of aromatic nitrogens is 4. The summed E-state index contributed by atoms with van der Waals surface area (Å²) in [7, 11) is -3.96. The molecule has 8 nitrogen and oxygen atoms in total. The maximum Gasteiger partial charge on any atom is 0.272 e. The Labute approximate surface area is 230 Å². The highest BCUT2D eigenvalue weighted by atomic mass is 32.2. The van der Waals surface area contributed by atoms with Gasteiger partial charge in [0.25, 0.3) is 10.0 Å². The predicted molar refractivity (Wildman–Crippen MR) is 150 cm³/mol. The first-order valence-corrected chi connectivity index (χ1v) is 14.3. The second kappa shape index (κ2) is 10.3. The highest BCUT2D eigenvalue weighted by Gasteiger charge is 2.30. The summed E-state index contributed by atoms with van der Waals surface area (Å²) in [5.41, 5.74) is 1.94. The molecule has 3 aromatic heterocycles. The monoisotopic (exact) mass is 560 g/mol. The van der Waals surface area contributed by atoms with Gasteiger partial charge in [-0.15, -0.1) is 0 Å². The molecule has 2 N–H and O–H groups in total. The van der Waals surface area contributed by atoms with E-state index in [4.69, 9.17) is 0 Å². The quantitative estimate of drug-likeness (QED) is 0.261. The number of anilines is 2. The van der Waals surface area contributed by atoms with Crippen LogP contribution in [0.5, 0.6) is 0 Å². The van der Waals surface area contributed by atoms with Gasteiger partial charge in [-0.1, -0.05) is 23.8 Å². The molecule has 2 aromatic carbocycles. The van der Waals surface area contributed by atoms with Gasteiger partial charge >= 0.3 is 0 Å². The van der Waals surface area contributed by atoms with Crippen molar-refractivity contribution in [2.75, 3.05) is 10.6 Å². The molecular formula is C29H26F2N6O2S. The van der Waals surface area contributed by atoms with Crippen molar-refractivity contribution in [3.8, 4) is 11.1 Å². The van der Waals surface area contributed by atoms with Crippen LogP contribution in [0.4, 0.5) is 20.5 Å². The zero-order chi connectivity index (χ0) is 27.9. The number of nitrogens with zero attached hydrogens (tertiary/aromatic N) is 4. The first-order valence-electron chi connectivity index (χ1n) is 12.9. The molecule has 1 aliphatic rings. The van der Waals surface area contributed by atoms with Gasteiger partial charge in [0.1, 0.15) is 23.0 Å². The molecule has 1 fully saturated rings. The lowest BCUT2D eigenvalue weighted by atomic mass is 10.1. The molecular weight excluding hydrogens is 534 g/mol. The number of imidazole rings is 1. The van der Waals surface area contributed by atoms with Crippen LogP contribution in [0.1, 0.15) is 24.8 Å². The van der Waals surface area contributed by atoms with Crippen LogP contribution < -0.4 is 10.6 Å². The molecule has 11 heteroatoms. The molecule has 0 radical (unpaired) electrons. The Hall–Kier alpha value is -4.38. The van der Waals surface area contributed by atoms with Crippen LogP contribution in [0.15, 0.2) is 84.0 Å². The van der Waals surface area contributed by atoms with Crippen molar-refractivity contribution in [1.82, 2.24) is 18.9 Å². The van der Waals surface area contributed by atoms with Crippen molar-refractivity contribution in [3.63, 3.8) is 0 Å². The van der Waals surface area contributed by atoms with Gasteiger partial charge < -0.3 is 10.6 Å². The molecule has 204 valence electrons.